The molecule has 1 atom stereocenters. The SMILES string of the molecule is NS(=O)(=O)c1ccc(S(=O)(=O)NCC(c2cccs2)N2CCCC2)cc1. The van der Waals surface area contributed by atoms with Crippen molar-refractivity contribution in [2.45, 2.75) is 28.7 Å². The van der Waals surface area contributed by atoms with Gasteiger partial charge in [0, 0.05) is 11.4 Å². The Bertz CT molecular complexity index is 933. The van der Waals surface area contributed by atoms with Gasteiger partial charge >= 0.3 is 0 Å². The Labute approximate surface area is 157 Å². The third kappa shape index (κ3) is 4.51. The van der Waals surface area contributed by atoms with E-state index >= 15 is 0 Å². The summed E-state index contributed by atoms with van der Waals surface area (Å²) in [6.45, 7) is 2.17. The Hall–Kier alpha value is -1.30. The van der Waals surface area contributed by atoms with Gasteiger partial charge in [0.1, 0.15) is 0 Å². The van der Waals surface area contributed by atoms with Gasteiger partial charge in [0.2, 0.25) is 20.0 Å². The van der Waals surface area contributed by atoms with E-state index in [1.807, 2.05) is 17.5 Å². The van der Waals surface area contributed by atoms with E-state index in [-0.39, 0.29) is 22.4 Å². The van der Waals surface area contributed by atoms with Crippen LogP contribution in [-0.2, 0) is 20.0 Å². The minimum absolute atomic E-state index is 0.00373. The maximum absolute atomic E-state index is 12.6. The Morgan fingerprint density at radius 1 is 1.04 bits per heavy atom. The lowest BCUT2D eigenvalue weighted by Gasteiger charge is -2.26. The molecular formula is C16H21N3O4S3. The van der Waals surface area contributed by atoms with E-state index in [1.165, 1.54) is 24.3 Å². The average Bonchev–Trinajstić information content (AvgIpc) is 3.28. The second-order valence-corrected chi connectivity index (χ2v) is 10.5. The summed E-state index contributed by atoms with van der Waals surface area (Å²) in [6, 6.07) is 8.86. The molecule has 1 aliphatic heterocycles. The average molecular weight is 416 g/mol. The van der Waals surface area contributed by atoms with Gasteiger partial charge in [-0.05, 0) is 61.6 Å². The number of hydrogen-bond acceptors (Lipinski definition) is 6. The molecule has 1 aromatic heterocycles. The predicted molar refractivity (Wildman–Crippen MR) is 101 cm³/mol. The van der Waals surface area contributed by atoms with Crippen molar-refractivity contribution in [3.63, 3.8) is 0 Å². The molecule has 0 bridgehead atoms. The van der Waals surface area contributed by atoms with E-state index in [2.05, 4.69) is 9.62 Å². The summed E-state index contributed by atoms with van der Waals surface area (Å²) in [5, 5.41) is 7.03. The molecular weight excluding hydrogens is 394 g/mol. The van der Waals surface area contributed by atoms with E-state index in [0.717, 1.165) is 30.8 Å². The molecule has 10 heteroatoms. The highest BCUT2D eigenvalue weighted by Gasteiger charge is 2.26. The lowest BCUT2D eigenvalue weighted by molar-refractivity contribution is 0.250. The van der Waals surface area contributed by atoms with Gasteiger partial charge in [-0.3, -0.25) is 4.90 Å². The highest BCUT2D eigenvalue weighted by atomic mass is 32.2. The summed E-state index contributed by atoms with van der Waals surface area (Å²) in [5.74, 6) is 0. The van der Waals surface area contributed by atoms with Gasteiger partial charge in [0.15, 0.2) is 0 Å². The fraction of sp³-hybridized carbons (Fsp3) is 0.375. The van der Waals surface area contributed by atoms with E-state index in [9.17, 15) is 16.8 Å². The van der Waals surface area contributed by atoms with Crippen LogP contribution in [0.4, 0.5) is 0 Å². The molecule has 2 heterocycles. The second kappa shape index (κ2) is 7.75. The third-order valence-corrected chi connectivity index (χ3v) is 7.72. The molecule has 1 fully saturated rings. The first-order valence-electron chi connectivity index (χ1n) is 8.17. The van der Waals surface area contributed by atoms with Crippen molar-refractivity contribution in [3.8, 4) is 0 Å². The summed E-state index contributed by atoms with van der Waals surface area (Å²) in [7, 11) is -7.60. The van der Waals surface area contributed by atoms with Crippen LogP contribution in [-0.4, -0.2) is 41.4 Å². The summed E-state index contributed by atoms with van der Waals surface area (Å²) in [5.41, 5.74) is 0. The molecule has 0 saturated carbocycles. The van der Waals surface area contributed by atoms with Crippen LogP contribution < -0.4 is 9.86 Å². The van der Waals surface area contributed by atoms with Crippen LogP contribution in [0.2, 0.25) is 0 Å². The quantitative estimate of drug-likeness (QED) is 0.712. The van der Waals surface area contributed by atoms with Crippen LogP contribution >= 0.6 is 11.3 Å². The van der Waals surface area contributed by atoms with Crippen LogP contribution in [0.1, 0.15) is 23.8 Å². The van der Waals surface area contributed by atoms with Crippen LogP contribution in [0.5, 0.6) is 0 Å². The maximum atomic E-state index is 12.6. The lowest BCUT2D eigenvalue weighted by Crippen LogP contribution is -2.36. The smallest absolute Gasteiger partial charge is 0.240 e. The Balaban J connectivity index is 1.75. The van der Waals surface area contributed by atoms with Crippen molar-refractivity contribution >= 4 is 31.4 Å². The van der Waals surface area contributed by atoms with Gasteiger partial charge in [-0.2, -0.15) is 0 Å². The summed E-state index contributed by atoms with van der Waals surface area (Å²) in [4.78, 5) is 3.30. The summed E-state index contributed by atoms with van der Waals surface area (Å²) in [6.07, 6.45) is 2.23. The predicted octanol–water partition coefficient (Wildman–Crippen LogP) is 1.51. The van der Waals surface area contributed by atoms with Gasteiger partial charge in [0.05, 0.1) is 15.8 Å². The zero-order chi connectivity index (χ0) is 18.8. The Morgan fingerprint density at radius 2 is 1.65 bits per heavy atom. The molecule has 1 aliphatic rings. The van der Waals surface area contributed by atoms with Crippen LogP contribution in [0.25, 0.3) is 0 Å². The summed E-state index contributed by atoms with van der Waals surface area (Å²) < 4.78 is 50.4. The van der Waals surface area contributed by atoms with Crippen molar-refractivity contribution in [2.24, 2.45) is 5.14 Å². The summed E-state index contributed by atoms with van der Waals surface area (Å²) >= 11 is 1.61. The van der Waals surface area contributed by atoms with Crippen molar-refractivity contribution < 1.29 is 16.8 Å². The normalized spacial score (nSPS) is 17.4. The highest BCUT2D eigenvalue weighted by Crippen LogP contribution is 2.28. The number of primary sulfonamides is 1. The van der Waals surface area contributed by atoms with Gasteiger partial charge in [-0.15, -0.1) is 11.3 Å². The number of benzene rings is 1. The molecule has 1 aromatic carbocycles. The van der Waals surface area contributed by atoms with E-state index < -0.39 is 20.0 Å². The molecule has 1 saturated heterocycles. The van der Waals surface area contributed by atoms with Crippen molar-refractivity contribution in [1.29, 1.82) is 0 Å². The lowest BCUT2D eigenvalue weighted by atomic mass is 10.2. The number of hydrogen-bond donors (Lipinski definition) is 2. The van der Waals surface area contributed by atoms with Crippen LogP contribution in [0, 0.1) is 0 Å². The number of nitrogens with two attached hydrogens (primary N) is 1. The largest absolute Gasteiger partial charge is 0.294 e. The van der Waals surface area contributed by atoms with Crippen LogP contribution in [0.15, 0.2) is 51.6 Å². The molecule has 0 spiro atoms. The molecule has 142 valence electrons. The van der Waals surface area contributed by atoms with E-state index in [4.69, 9.17) is 5.14 Å². The first kappa shape index (κ1) is 19.5. The fourth-order valence-corrected chi connectivity index (χ4v) is 5.44. The van der Waals surface area contributed by atoms with Crippen LogP contribution in [0.3, 0.4) is 0 Å². The fourth-order valence-electron chi connectivity index (χ4n) is 3.02. The van der Waals surface area contributed by atoms with E-state index in [1.54, 1.807) is 11.3 Å². The molecule has 26 heavy (non-hydrogen) atoms. The van der Waals surface area contributed by atoms with Crippen molar-refractivity contribution in [3.05, 3.63) is 46.7 Å². The first-order chi connectivity index (χ1) is 12.3. The second-order valence-electron chi connectivity index (χ2n) is 6.14. The molecule has 3 N–H and O–H groups in total. The number of likely N-dealkylation sites (tertiary alicyclic amines) is 1. The molecule has 0 amide bonds. The topological polar surface area (TPSA) is 110 Å². The van der Waals surface area contributed by atoms with Gasteiger partial charge in [-0.25, -0.2) is 26.7 Å². The molecule has 7 nitrogen and oxygen atoms in total. The third-order valence-electron chi connectivity index (χ3n) is 4.38. The molecule has 0 aliphatic carbocycles. The van der Waals surface area contributed by atoms with Gasteiger partial charge in [-0.1, -0.05) is 6.07 Å². The number of rotatable bonds is 7. The number of nitrogens with one attached hydrogen (secondary N) is 1. The van der Waals surface area contributed by atoms with Crippen molar-refractivity contribution in [1.82, 2.24) is 9.62 Å². The molecule has 2 aromatic rings. The Morgan fingerprint density at radius 3 is 2.19 bits per heavy atom. The minimum atomic E-state index is -3.85. The first-order valence-corrected chi connectivity index (χ1v) is 12.1. The monoisotopic (exact) mass is 415 g/mol. The van der Waals surface area contributed by atoms with Crippen molar-refractivity contribution in [2.75, 3.05) is 19.6 Å². The maximum Gasteiger partial charge on any atom is 0.240 e. The molecule has 1 unspecified atom stereocenters. The molecule has 3 rings (SSSR count). The molecule has 0 radical (unpaired) electrons. The minimum Gasteiger partial charge on any atom is -0.294 e. The number of nitrogens with zero attached hydrogens (tertiary/aromatic N) is 1. The van der Waals surface area contributed by atoms with E-state index in [0.29, 0.717) is 0 Å². The van der Waals surface area contributed by atoms with Gasteiger partial charge in [0.25, 0.3) is 0 Å². The standard InChI is InChI=1S/C16H21N3O4S3/c17-25(20,21)13-5-7-14(8-6-13)26(22,23)18-12-15(16-4-3-11-24-16)19-9-1-2-10-19/h3-8,11,15,18H,1-2,9-10,12H2,(H2,17,20,21). The Kier molecular flexibility index (Phi) is 5.80. The number of sulfonamides is 2. The number of thiophene rings is 1. The zero-order valence-corrected chi connectivity index (χ0v) is 16.5. The van der Waals surface area contributed by atoms with Gasteiger partial charge < -0.3 is 0 Å². The highest BCUT2D eigenvalue weighted by molar-refractivity contribution is 7.89. The zero-order valence-electron chi connectivity index (χ0n) is 14.0.